The van der Waals surface area contributed by atoms with Crippen molar-refractivity contribution in [2.24, 2.45) is 0 Å². The summed E-state index contributed by atoms with van der Waals surface area (Å²) in [7, 11) is -1.88. The zero-order valence-corrected chi connectivity index (χ0v) is 17.3. The van der Waals surface area contributed by atoms with E-state index >= 15 is 0 Å². The van der Waals surface area contributed by atoms with E-state index in [0.29, 0.717) is 22.4 Å². The van der Waals surface area contributed by atoms with Crippen LogP contribution in [0.15, 0.2) is 18.2 Å². The summed E-state index contributed by atoms with van der Waals surface area (Å²) >= 11 is 1.92. The third-order valence-corrected chi connectivity index (χ3v) is 9.90. The average molecular weight is 451 g/mol. The van der Waals surface area contributed by atoms with Gasteiger partial charge in [0.15, 0.2) is 8.32 Å². The molecule has 0 spiro atoms. The van der Waals surface area contributed by atoms with Crippen LogP contribution in [0.2, 0.25) is 18.1 Å². The van der Waals surface area contributed by atoms with Crippen LogP contribution < -0.4 is 4.90 Å². The van der Waals surface area contributed by atoms with Gasteiger partial charge < -0.3 is 9.16 Å². The minimum atomic E-state index is -1.88. The van der Waals surface area contributed by atoms with Gasteiger partial charge >= 0.3 is 6.09 Å². The van der Waals surface area contributed by atoms with Crippen molar-refractivity contribution in [3.63, 3.8) is 0 Å². The van der Waals surface area contributed by atoms with Crippen molar-refractivity contribution in [1.82, 2.24) is 0 Å². The van der Waals surface area contributed by atoms with Gasteiger partial charge in [-0.1, -0.05) is 20.8 Å². The van der Waals surface area contributed by atoms with Crippen LogP contribution in [0, 0.1) is 9.39 Å². The molecule has 1 aromatic rings. The molecule has 1 aliphatic rings. The first-order valence-corrected chi connectivity index (χ1v) is 11.6. The molecule has 1 atom stereocenters. The van der Waals surface area contributed by atoms with E-state index in [9.17, 15) is 9.18 Å². The lowest BCUT2D eigenvalue weighted by Gasteiger charge is -2.36. The number of carbonyl (C=O) groups is 1. The second-order valence-corrected chi connectivity index (χ2v) is 13.3. The Bertz CT molecular complexity index is 603. The van der Waals surface area contributed by atoms with Crippen LogP contribution in [-0.4, -0.2) is 33.7 Å². The number of ether oxygens (including phenoxy) is 1. The fraction of sp³-hybridized carbons (Fsp3) is 0.562. The molecule has 128 valence electrons. The zero-order chi connectivity index (χ0) is 17.4. The van der Waals surface area contributed by atoms with Crippen LogP contribution in [0.1, 0.15) is 20.8 Å². The molecule has 1 saturated heterocycles. The number of hydrogen-bond donors (Lipinski definition) is 0. The zero-order valence-electron chi connectivity index (χ0n) is 14.2. The van der Waals surface area contributed by atoms with E-state index in [-0.39, 0.29) is 17.0 Å². The van der Waals surface area contributed by atoms with Crippen LogP contribution in [0.4, 0.5) is 14.9 Å². The van der Waals surface area contributed by atoms with E-state index < -0.39 is 14.4 Å². The fourth-order valence-electron chi connectivity index (χ4n) is 1.99. The van der Waals surface area contributed by atoms with Crippen LogP contribution in [-0.2, 0) is 9.16 Å². The van der Waals surface area contributed by atoms with E-state index in [2.05, 4.69) is 33.9 Å². The van der Waals surface area contributed by atoms with Crippen LogP contribution in [0.25, 0.3) is 0 Å². The standard InChI is InChI=1S/C16H23FINO3Si/c1-16(2,3)23(4,5)21-10-12-9-19(15(20)22-12)11-6-7-14(18)13(17)8-11/h6-8,12H,9-10H2,1-5H3. The minimum Gasteiger partial charge on any atom is -0.442 e. The lowest BCUT2D eigenvalue weighted by atomic mass is 10.2. The Morgan fingerprint density at radius 2 is 2.09 bits per heavy atom. The van der Waals surface area contributed by atoms with Crippen molar-refractivity contribution in [2.45, 2.75) is 45.0 Å². The van der Waals surface area contributed by atoms with E-state index in [4.69, 9.17) is 9.16 Å². The molecule has 7 heteroatoms. The Morgan fingerprint density at radius 1 is 1.43 bits per heavy atom. The van der Waals surface area contributed by atoms with Gasteiger partial charge in [-0.05, 0) is 58.9 Å². The summed E-state index contributed by atoms with van der Waals surface area (Å²) in [5, 5.41) is 0.106. The highest BCUT2D eigenvalue weighted by atomic mass is 127. The van der Waals surface area contributed by atoms with Crippen molar-refractivity contribution >= 4 is 42.7 Å². The third kappa shape index (κ3) is 4.24. The predicted octanol–water partition coefficient (Wildman–Crippen LogP) is 4.78. The van der Waals surface area contributed by atoms with E-state index in [1.54, 1.807) is 12.1 Å². The molecule has 1 unspecified atom stereocenters. The molecule has 0 aromatic heterocycles. The summed E-state index contributed by atoms with van der Waals surface area (Å²) in [5.41, 5.74) is 0.516. The normalized spacial score (nSPS) is 19.2. The summed E-state index contributed by atoms with van der Waals surface area (Å²) in [6.07, 6.45) is -0.770. The summed E-state index contributed by atoms with van der Waals surface area (Å²) < 4.78 is 25.7. The molecule has 1 amide bonds. The molecule has 0 saturated carbocycles. The number of rotatable bonds is 4. The second kappa shape index (κ2) is 6.68. The van der Waals surface area contributed by atoms with Crippen molar-refractivity contribution in [3.05, 3.63) is 27.6 Å². The lowest BCUT2D eigenvalue weighted by Crippen LogP contribution is -2.43. The number of halogens is 2. The van der Waals surface area contributed by atoms with Crippen LogP contribution in [0.3, 0.4) is 0 Å². The smallest absolute Gasteiger partial charge is 0.414 e. The first kappa shape index (κ1) is 18.7. The van der Waals surface area contributed by atoms with Crippen LogP contribution >= 0.6 is 22.6 Å². The monoisotopic (exact) mass is 451 g/mol. The number of benzene rings is 1. The van der Waals surface area contributed by atoms with Gasteiger partial charge in [0.1, 0.15) is 11.9 Å². The summed E-state index contributed by atoms with van der Waals surface area (Å²) in [5.74, 6) is -0.336. The molecule has 0 bridgehead atoms. The maximum atomic E-state index is 13.7. The van der Waals surface area contributed by atoms with Crippen molar-refractivity contribution in [1.29, 1.82) is 0 Å². The topological polar surface area (TPSA) is 38.8 Å². The molecule has 0 aliphatic carbocycles. The molecule has 0 N–H and O–H groups in total. The SMILES string of the molecule is CC(C)(C)[Si](C)(C)OCC1CN(c2ccc(I)c(F)c2)C(=O)O1. The van der Waals surface area contributed by atoms with Gasteiger partial charge in [-0.3, -0.25) is 4.90 Å². The fourth-order valence-corrected chi connectivity index (χ4v) is 3.36. The second-order valence-electron chi connectivity index (χ2n) is 7.29. The summed E-state index contributed by atoms with van der Waals surface area (Å²) in [6, 6.07) is 4.74. The molecule has 1 fully saturated rings. The molecule has 2 rings (SSSR count). The molecule has 1 aliphatic heterocycles. The van der Waals surface area contributed by atoms with Gasteiger partial charge in [-0.15, -0.1) is 0 Å². The number of anilines is 1. The molecular weight excluding hydrogens is 428 g/mol. The van der Waals surface area contributed by atoms with E-state index in [1.807, 2.05) is 22.6 Å². The first-order chi connectivity index (χ1) is 10.5. The van der Waals surface area contributed by atoms with Gasteiger partial charge in [0.05, 0.1) is 18.8 Å². The van der Waals surface area contributed by atoms with Crippen LogP contribution in [0.5, 0.6) is 0 Å². The van der Waals surface area contributed by atoms with Gasteiger partial charge in [0, 0.05) is 3.57 Å². The molecule has 1 aromatic carbocycles. The Kier molecular flexibility index (Phi) is 5.42. The largest absolute Gasteiger partial charge is 0.442 e. The average Bonchev–Trinajstić information content (AvgIpc) is 2.80. The third-order valence-electron chi connectivity index (χ3n) is 4.53. The number of hydrogen-bond acceptors (Lipinski definition) is 3. The predicted molar refractivity (Wildman–Crippen MR) is 99.9 cm³/mol. The quantitative estimate of drug-likeness (QED) is 0.489. The maximum Gasteiger partial charge on any atom is 0.414 e. The Balaban J connectivity index is 2.01. The van der Waals surface area contributed by atoms with Crippen molar-refractivity contribution in [3.8, 4) is 0 Å². The lowest BCUT2D eigenvalue weighted by molar-refractivity contribution is 0.0997. The molecular formula is C16H23FINO3Si. The molecule has 4 nitrogen and oxygen atoms in total. The molecule has 0 radical (unpaired) electrons. The first-order valence-electron chi connectivity index (χ1n) is 7.58. The van der Waals surface area contributed by atoms with Gasteiger partial charge in [-0.25, -0.2) is 9.18 Å². The Morgan fingerprint density at radius 3 is 2.65 bits per heavy atom. The highest BCUT2D eigenvalue weighted by Crippen LogP contribution is 2.37. The highest BCUT2D eigenvalue weighted by Gasteiger charge is 2.40. The number of cyclic esters (lactones) is 1. The maximum absolute atomic E-state index is 13.7. The Hall–Kier alpha value is -0.673. The summed E-state index contributed by atoms with van der Waals surface area (Å²) in [4.78, 5) is 13.5. The number of nitrogens with zero attached hydrogens (tertiary/aromatic N) is 1. The Labute approximate surface area is 151 Å². The van der Waals surface area contributed by atoms with Crippen molar-refractivity contribution < 1.29 is 18.3 Å². The van der Waals surface area contributed by atoms with Gasteiger partial charge in [0.25, 0.3) is 0 Å². The summed E-state index contributed by atoms with van der Waals surface area (Å²) in [6.45, 7) is 11.6. The highest BCUT2D eigenvalue weighted by molar-refractivity contribution is 14.1. The number of carbonyl (C=O) groups excluding carboxylic acids is 1. The van der Waals surface area contributed by atoms with Crippen molar-refractivity contribution in [2.75, 3.05) is 18.1 Å². The molecule has 1 heterocycles. The van der Waals surface area contributed by atoms with E-state index in [1.165, 1.54) is 11.0 Å². The number of amides is 1. The molecule has 23 heavy (non-hydrogen) atoms. The van der Waals surface area contributed by atoms with Gasteiger partial charge in [0.2, 0.25) is 0 Å². The van der Waals surface area contributed by atoms with E-state index in [0.717, 1.165) is 0 Å². The minimum absolute atomic E-state index is 0.106. The van der Waals surface area contributed by atoms with Gasteiger partial charge in [-0.2, -0.15) is 0 Å².